The summed E-state index contributed by atoms with van der Waals surface area (Å²) >= 11 is 1.70. The van der Waals surface area contributed by atoms with Crippen LogP contribution in [-0.4, -0.2) is 11.8 Å². The molecular weight excluding hydrogens is 233 g/mol. The van der Waals surface area contributed by atoms with Gasteiger partial charge in [-0.1, -0.05) is 12.5 Å². The van der Waals surface area contributed by atoms with Gasteiger partial charge in [0, 0.05) is 16.2 Å². The van der Waals surface area contributed by atoms with Gasteiger partial charge in [0.25, 0.3) is 0 Å². The third-order valence-corrected chi connectivity index (χ3v) is 4.88. The van der Waals surface area contributed by atoms with E-state index < -0.39 is 0 Å². The van der Waals surface area contributed by atoms with Crippen molar-refractivity contribution < 1.29 is 4.39 Å². The van der Waals surface area contributed by atoms with E-state index in [0.717, 1.165) is 23.4 Å². The average molecular weight is 251 g/mol. The van der Waals surface area contributed by atoms with Crippen LogP contribution >= 0.6 is 11.8 Å². The van der Waals surface area contributed by atoms with Crippen molar-refractivity contribution in [2.45, 2.75) is 48.3 Å². The van der Waals surface area contributed by atoms with Gasteiger partial charge in [0.2, 0.25) is 0 Å². The zero-order valence-corrected chi connectivity index (χ0v) is 10.7. The van der Waals surface area contributed by atoms with E-state index in [0.29, 0.717) is 11.3 Å². The van der Waals surface area contributed by atoms with Gasteiger partial charge in [-0.05, 0) is 49.9 Å². The van der Waals surface area contributed by atoms with Gasteiger partial charge in [0.1, 0.15) is 5.82 Å². The highest BCUT2D eigenvalue weighted by Gasteiger charge is 2.24. The van der Waals surface area contributed by atoms with Crippen molar-refractivity contribution in [2.75, 3.05) is 6.54 Å². The number of hydrogen-bond donors (Lipinski definition) is 1. The molecule has 1 unspecified atom stereocenters. The fraction of sp³-hybridized carbons (Fsp3) is 0.571. The Morgan fingerprint density at radius 3 is 2.71 bits per heavy atom. The Morgan fingerprint density at radius 2 is 2.06 bits per heavy atom. The normalized spacial score (nSPS) is 24.9. The summed E-state index contributed by atoms with van der Waals surface area (Å²) in [4.78, 5) is 0.826. The third kappa shape index (κ3) is 2.83. The Balaban J connectivity index is 1.74. The molecule has 3 heteroatoms. The molecule has 1 saturated carbocycles. The van der Waals surface area contributed by atoms with Gasteiger partial charge in [-0.2, -0.15) is 0 Å². The summed E-state index contributed by atoms with van der Waals surface area (Å²) < 4.78 is 13.9. The second-order valence-electron chi connectivity index (χ2n) is 5.01. The first-order chi connectivity index (χ1) is 8.33. The van der Waals surface area contributed by atoms with Crippen LogP contribution in [0.15, 0.2) is 23.1 Å². The number of halogens is 1. The quantitative estimate of drug-likeness (QED) is 0.874. The second-order valence-corrected chi connectivity index (χ2v) is 6.35. The van der Waals surface area contributed by atoms with Crippen LogP contribution in [0, 0.1) is 5.82 Å². The van der Waals surface area contributed by atoms with Crippen molar-refractivity contribution in [3.05, 3.63) is 29.6 Å². The summed E-state index contributed by atoms with van der Waals surface area (Å²) in [5.74, 6) is -0.0354. The van der Waals surface area contributed by atoms with E-state index in [1.807, 2.05) is 6.07 Å². The SMILES string of the molecule is Fc1cc(C2CCCCN2)ccc1SC1CC1. The molecule has 2 aliphatic rings. The lowest BCUT2D eigenvalue weighted by atomic mass is 9.97. The molecular formula is C14H18FNS. The Kier molecular flexibility index (Phi) is 3.39. The predicted molar refractivity (Wildman–Crippen MR) is 69.9 cm³/mol. The summed E-state index contributed by atoms with van der Waals surface area (Å²) in [6.07, 6.45) is 6.12. The van der Waals surface area contributed by atoms with Crippen molar-refractivity contribution in [2.24, 2.45) is 0 Å². The average Bonchev–Trinajstić information content (AvgIpc) is 3.17. The van der Waals surface area contributed by atoms with Gasteiger partial charge >= 0.3 is 0 Å². The number of nitrogens with one attached hydrogen (secondary N) is 1. The lowest BCUT2D eigenvalue weighted by molar-refractivity contribution is 0.410. The zero-order chi connectivity index (χ0) is 11.7. The fourth-order valence-electron chi connectivity index (χ4n) is 2.33. The highest BCUT2D eigenvalue weighted by atomic mass is 32.2. The van der Waals surface area contributed by atoms with Gasteiger partial charge in [-0.15, -0.1) is 11.8 Å². The molecule has 1 aromatic rings. The van der Waals surface area contributed by atoms with Crippen molar-refractivity contribution in [1.82, 2.24) is 5.32 Å². The van der Waals surface area contributed by atoms with Gasteiger partial charge in [0.15, 0.2) is 0 Å². The summed E-state index contributed by atoms with van der Waals surface area (Å²) in [5.41, 5.74) is 1.11. The van der Waals surface area contributed by atoms with Crippen LogP contribution in [0.2, 0.25) is 0 Å². The smallest absolute Gasteiger partial charge is 0.137 e. The number of thioether (sulfide) groups is 1. The van der Waals surface area contributed by atoms with E-state index in [1.165, 1.54) is 25.7 Å². The molecule has 1 aliphatic heterocycles. The molecule has 1 heterocycles. The number of benzene rings is 1. The Bertz CT molecular complexity index is 397. The van der Waals surface area contributed by atoms with Crippen molar-refractivity contribution in [1.29, 1.82) is 0 Å². The largest absolute Gasteiger partial charge is 0.310 e. The van der Waals surface area contributed by atoms with Gasteiger partial charge in [0.05, 0.1) is 0 Å². The molecule has 1 aliphatic carbocycles. The lowest BCUT2D eigenvalue weighted by Gasteiger charge is -2.24. The van der Waals surface area contributed by atoms with E-state index >= 15 is 0 Å². The molecule has 0 aromatic heterocycles. The monoisotopic (exact) mass is 251 g/mol. The van der Waals surface area contributed by atoms with Crippen LogP contribution in [-0.2, 0) is 0 Å². The van der Waals surface area contributed by atoms with Crippen molar-refractivity contribution in [3.8, 4) is 0 Å². The van der Waals surface area contributed by atoms with Crippen molar-refractivity contribution in [3.63, 3.8) is 0 Å². The molecule has 0 amide bonds. The van der Waals surface area contributed by atoms with Crippen LogP contribution in [0.4, 0.5) is 4.39 Å². The molecule has 1 saturated heterocycles. The van der Waals surface area contributed by atoms with Crippen LogP contribution in [0.5, 0.6) is 0 Å². The topological polar surface area (TPSA) is 12.0 Å². The van der Waals surface area contributed by atoms with Crippen LogP contribution in [0.1, 0.15) is 43.7 Å². The summed E-state index contributed by atoms with van der Waals surface area (Å²) in [5, 5.41) is 4.13. The maximum absolute atomic E-state index is 13.9. The Labute approximate surface area is 106 Å². The van der Waals surface area contributed by atoms with Gasteiger partial charge in [-0.3, -0.25) is 0 Å². The summed E-state index contributed by atoms with van der Waals surface area (Å²) in [7, 11) is 0. The zero-order valence-electron chi connectivity index (χ0n) is 9.92. The maximum Gasteiger partial charge on any atom is 0.137 e. The molecule has 1 atom stereocenters. The molecule has 2 fully saturated rings. The van der Waals surface area contributed by atoms with Gasteiger partial charge in [-0.25, -0.2) is 4.39 Å². The summed E-state index contributed by atoms with van der Waals surface area (Å²) in [6.45, 7) is 1.06. The minimum Gasteiger partial charge on any atom is -0.310 e. The minimum atomic E-state index is -0.0354. The first-order valence-electron chi connectivity index (χ1n) is 6.52. The first-order valence-corrected chi connectivity index (χ1v) is 7.40. The molecule has 0 radical (unpaired) electrons. The molecule has 0 spiro atoms. The third-order valence-electron chi connectivity index (χ3n) is 3.49. The van der Waals surface area contributed by atoms with E-state index in [1.54, 1.807) is 17.8 Å². The van der Waals surface area contributed by atoms with Gasteiger partial charge < -0.3 is 5.32 Å². The van der Waals surface area contributed by atoms with Crippen LogP contribution < -0.4 is 5.32 Å². The van der Waals surface area contributed by atoms with E-state index in [-0.39, 0.29) is 5.82 Å². The number of piperidine rings is 1. The Hall–Kier alpha value is -0.540. The molecule has 1 N–H and O–H groups in total. The molecule has 92 valence electrons. The van der Waals surface area contributed by atoms with E-state index in [4.69, 9.17) is 0 Å². The molecule has 17 heavy (non-hydrogen) atoms. The minimum absolute atomic E-state index is 0.0354. The molecule has 1 nitrogen and oxygen atoms in total. The second kappa shape index (κ2) is 4.99. The fourth-order valence-corrected chi connectivity index (χ4v) is 3.38. The number of rotatable bonds is 3. The maximum atomic E-state index is 13.9. The molecule has 1 aromatic carbocycles. The summed E-state index contributed by atoms with van der Waals surface area (Å²) in [6, 6.07) is 6.15. The standard InChI is InChI=1S/C14H18FNS/c15-12-9-10(13-3-1-2-8-16-13)4-7-14(12)17-11-5-6-11/h4,7,9,11,13,16H,1-3,5-6,8H2. The number of hydrogen-bond acceptors (Lipinski definition) is 2. The highest BCUT2D eigenvalue weighted by Crippen LogP contribution is 2.40. The lowest BCUT2D eigenvalue weighted by Crippen LogP contribution is -2.26. The first kappa shape index (κ1) is 11.5. The van der Waals surface area contributed by atoms with Crippen LogP contribution in [0.3, 0.4) is 0 Å². The highest BCUT2D eigenvalue weighted by molar-refractivity contribution is 8.00. The Morgan fingerprint density at radius 1 is 1.18 bits per heavy atom. The van der Waals surface area contributed by atoms with E-state index in [9.17, 15) is 4.39 Å². The van der Waals surface area contributed by atoms with Crippen molar-refractivity contribution >= 4 is 11.8 Å². The predicted octanol–water partition coefficient (Wildman–Crippen LogP) is 3.89. The molecule has 0 bridgehead atoms. The molecule has 3 rings (SSSR count). The van der Waals surface area contributed by atoms with Crippen LogP contribution in [0.25, 0.3) is 0 Å². The van der Waals surface area contributed by atoms with E-state index in [2.05, 4.69) is 11.4 Å².